The number of nitro groups is 1. The number of hydrogen-bond donors (Lipinski definition) is 3. The number of anilines is 2. The molecular formula is C24H17N5O3. The second kappa shape index (κ2) is 7.84. The average Bonchev–Trinajstić information content (AvgIpc) is 3.46. The van der Waals surface area contributed by atoms with E-state index < -0.39 is 4.92 Å². The van der Waals surface area contributed by atoms with Crippen LogP contribution in [0.4, 0.5) is 17.1 Å². The van der Waals surface area contributed by atoms with Gasteiger partial charge in [-0.2, -0.15) is 0 Å². The normalized spacial score (nSPS) is 13.9. The third-order valence-electron chi connectivity index (χ3n) is 5.20. The molecule has 3 N–H and O–H groups in total. The van der Waals surface area contributed by atoms with Crippen molar-refractivity contribution in [3.63, 3.8) is 0 Å². The average molecular weight is 423 g/mol. The first-order valence-corrected chi connectivity index (χ1v) is 9.87. The summed E-state index contributed by atoms with van der Waals surface area (Å²) in [6.45, 7) is 0. The number of non-ortho nitro benzene ring substituents is 1. The molecule has 1 aliphatic rings. The first-order valence-electron chi connectivity index (χ1n) is 9.87. The van der Waals surface area contributed by atoms with E-state index in [1.807, 2.05) is 54.6 Å². The van der Waals surface area contributed by atoms with Crippen molar-refractivity contribution < 1.29 is 9.72 Å². The molecule has 32 heavy (non-hydrogen) atoms. The van der Waals surface area contributed by atoms with Crippen molar-refractivity contribution in [2.75, 3.05) is 10.6 Å². The number of benzene rings is 3. The van der Waals surface area contributed by atoms with Gasteiger partial charge in [-0.15, -0.1) is 0 Å². The molecule has 0 atom stereocenters. The summed E-state index contributed by atoms with van der Waals surface area (Å²) in [6.07, 6.45) is 3.45. The molecule has 1 aliphatic heterocycles. The van der Waals surface area contributed by atoms with Crippen molar-refractivity contribution in [1.29, 1.82) is 0 Å². The van der Waals surface area contributed by atoms with Crippen molar-refractivity contribution in [3.8, 4) is 11.4 Å². The molecule has 4 aromatic rings. The van der Waals surface area contributed by atoms with E-state index in [0.717, 1.165) is 22.6 Å². The minimum atomic E-state index is -0.469. The quantitative estimate of drug-likeness (QED) is 0.240. The number of H-pyrrole nitrogens is 1. The molecular weight excluding hydrogens is 406 g/mol. The molecule has 0 fully saturated rings. The van der Waals surface area contributed by atoms with Gasteiger partial charge in [-0.05, 0) is 35.9 Å². The fourth-order valence-corrected chi connectivity index (χ4v) is 3.68. The van der Waals surface area contributed by atoms with Crippen molar-refractivity contribution in [2.45, 2.75) is 0 Å². The second-order valence-electron chi connectivity index (χ2n) is 7.20. The Labute approximate surface area is 182 Å². The van der Waals surface area contributed by atoms with Crippen LogP contribution in [-0.2, 0) is 4.79 Å². The van der Waals surface area contributed by atoms with Gasteiger partial charge in [0.2, 0.25) is 0 Å². The zero-order valence-corrected chi connectivity index (χ0v) is 16.7. The molecule has 156 valence electrons. The Morgan fingerprint density at radius 3 is 2.47 bits per heavy atom. The number of amides is 1. The summed E-state index contributed by atoms with van der Waals surface area (Å²) in [4.78, 5) is 31.1. The third kappa shape index (κ3) is 3.50. The number of carbonyl (C=O) groups excluding carboxylic acids is 1. The summed E-state index contributed by atoms with van der Waals surface area (Å²) in [5.41, 5.74) is 4.34. The van der Waals surface area contributed by atoms with Crippen LogP contribution in [0.5, 0.6) is 0 Å². The monoisotopic (exact) mass is 423 g/mol. The molecule has 0 radical (unpaired) electrons. The van der Waals surface area contributed by atoms with Crippen molar-refractivity contribution in [1.82, 2.24) is 9.97 Å². The largest absolute Gasteiger partial charge is 0.354 e. The predicted octanol–water partition coefficient (Wildman–Crippen LogP) is 4.92. The molecule has 0 saturated carbocycles. The number of nitrogens with zero attached hydrogens (tertiary/aromatic N) is 2. The van der Waals surface area contributed by atoms with Crippen LogP contribution in [0, 0.1) is 10.1 Å². The van der Waals surface area contributed by atoms with E-state index in [1.54, 1.807) is 18.5 Å². The number of nitrogens with one attached hydrogen (secondary N) is 3. The van der Waals surface area contributed by atoms with E-state index in [-0.39, 0.29) is 11.6 Å². The number of carbonyl (C=O) groups is 1. The van der Waals surface area contributed by atoms with Crippen LogP contribution in [0.2, 0.25) is 0 Å². The third-order valence-corrected chi connectivity index (χ3v) is 5.20. The Kier molecular flexibility index (Phi) is 4.72. The van der Waals surface area contributed by atoms with E-state index in [9.17, 15) is 14.9 Å². The van der Waals surface area contributed by atoms with Crippen molar-refractivity contribution in [2.24, 2.45) is 0 Å². The molecule has 0 spiro atoms. The Morgan fingerprint density at radius 2 is 1.78 bits per heavy atom. The maximum atomic E-state index is 12.9. The first kappa shape index (κ1) is 19.3. The number of fused-ring (bicyclic) bond motifs is 1. The summed E-state index contributed by atoms with van der Waals surface area (Å²) < 4.78 is 0. The molecule has 0 bridgehead atoms. The lowest BCUT2D eigenvalue weighted by molar-refractivity contribution is -0.384. The lowest BCUT2D eigenvalue weighted by Gasteiger charge is -2.15. The minimum Gasteiger partial charge on any atom is -0.354 e. The van der Waals surface area contributed by atoms with Crippen molar-refractivity contribution in [3.05, 3.63) is 106 Å². The van der Waals surface area contributed by atoms with Gasteiger partial charge in [0.1, 0.15) is 5.82 Å². The summed E-state index contributed by atoms with van der Waals surface area (Å²) >= 11 is 0. The van der Waals surface area contributed by atoms with E-state index in [4.69, 9.17) is 0 Å². The smallest absolute Gasteiger partial charge is 0.270 e. The fraction of sp³-hybridized carbons (Fsp3) is 0. The highest BCUT2D eigenvalue weighted by Gasteiger charge is 2.30. The summed E-state index contributed by atoms with van der Waals surface area (Å²) in [5, 5.41) is 17.5. The molecule has 0 unspecified atom stereocenters. The van der Waals surface area contributed by atoms with Gasteiger partial charge in [0.25, 0.3) is 11.6 Å². The van der Waals surface area contributed by atoms with Gasteiger partial charge in [0, 0.05) is 47.0 Å². The van der Waals surface area contributed by atoms with Crippen LogP contribution in [0.3, 0.4) is 0 Å². The highest BCUT2D eigenvalue weighted by atomic mass is 16.6. The Balaban J connectivity index is 1.62. The fourth-order valence-electron chi connectivity index (χ4n) is 3.68. The summed E-state index contributed by atoms with van der Waals surface area (Å²) in [5.74, 6) is 0.439. The van der Waals surface area contributed by atoms with Crippen LogP contribution >= 0.6 is 0 Å². The molecule has 8 nitrogen and oxygen atoms in total. The van der Waals surface area contributed by atoms with E-state index >= 15 is 0 Å². The minimum absolute atomic E-state index is 0.0760. The van der Waals surface area contributed by atoms with Gasteiger partial charge in [-0.1, -0.05) is 30.3 Å². The molecule has 0 saturated heterocycles. The Bertz CT molecular complexity index is 1340. The molecule has 3 aromatic carbocycles. The zero-order chi connectivity index (χ0) is 22.1. The molecule has 5 rings (SSSR count). The van der Waals surface area contributed by atoms with Crippen LogP contribution in [0.15, 0.2) is 85.2 Å². The summed E-state index contributed by atoms with van der Waals surface area (Å²) in [7, 11) is 0. The number of aromatic nitrogens is 2. The van der Waals surface area contributed by atoms with E-state index in [0.29, 0.717) is 22.5 Å². The van der Waals surface area contributed by atoms with Gasteiger partial charge < -0.3 is 15.6 Å². The number of aromatic amines is 1. The van der Waals surface area contributed by atoms with Crippen LogP contribution in [-0.4, -0.2) is 20.8 Å². The number of imidazole rings is 1. The highest BCUT2D eigenvalue weighted by molar-refractivity contribution is 6.37. The predicted molar refractivity (Wildman–Crippen MR) is 123 cm³/mol. The lowest BCUT2D eigenvalue weighted by Crippen LogP contribution is -2.10. The van der Waals surface area contributed by atoms with Crippen LogP contribution in [0.25, 0.3) is 22.7 Å². The topological polar surface area (TPSA) is 113 Å². The van der Waals surface area contributed by atoms with Gasteiger partial charge in [0.05, 0.1) is 16.2 Å². The molecule has 1 amide bonds. The van der Waals surface area contributed by atoms with Gasteiger partial charge in [-0.3, -0.25) is 14.9 Å². The van der Waals surface area contributed by atoms with Crippen LogP contribution in [0.1, 0.15) is 11.1 Å². The van der Waals surface area contributed by atoms with Gasteiger partial charge in [0.15, 0.2) is 0 Å². The van der Waals surface area contributed by atoms with E-state index in [1.165, 1.54) is 12.1 Å². The van der Waals surface area contributed by atoms with Crippen LogP contribution < -0.4 is 10.6 Å². The zero-order valence-electron chi connectivity index (χ0n) is 16.7. The van der Waals surface area contributed by atoms with Crippen molar-refractivity contribution >= 4 is 34.2 Å². The molecule has 2 heterocycles. The maximum absolute atomic E-state index is 12.9. The lowest BCUT2D eigenvalue weighted by atomic mass is 9.99. The summed E-state index contributed by atoms with van der Waals surface area (Å²) in [6, 6.07) is 21.4. The second-order valence-corrected chi connectivity index (χ2v) is 7.20. The number of nitro benzene ring substituents is 1. The molecule has 8 heteroatoms. The number of hydrogen-bond acceptors (Lipinski definition) is 5. The Morgan fingerprint density at radius 1 is 1.00 bits per heavy atom. The van der Waals surface area contributed by atoms with Gasteiger partial charge >= 0.3 is 0 Å². The van der Waals surface area contributed by atoms with E-state index in [2.05, 4.69) is 20.6 Å². The first-order chi connectivity index (χ1) is 15.6. The SMILES string of the molecule is O=C1Nc2ccc([N+](=O)[O-])cc2/C1=C(/Nc1ccc(-c2ncc[nH]2)cc1)c1ccccc1. The molecule has 0 aliphatic carbocycles. The highest BCUT2D eigenvalue weighted by Crippen LogP contribution is 2.39. The molecule has 1 aromatic heterocycles. The van der Waals surface area contributed by atoms with Gasteiger partial charge in [-0.25, -0.2) is 4.98 Å². The standard InChI is InChI=1S/C24H17N5O3/c30-24-21(19-14-18(29(31)32)10-11-20(19)28-24)22(15-4-2-1-3-5-15)27-17-8-6-16(7-9-17)23-25-12-13-26-23/h1-14,27H,(H,25,26)(H,28,30)/b22-21-. The maximum Gasteiger partial charge on any atom is 0.270 e. The number of rotatable bonds is 5. The Hall–Kier alpha value is -4.72.